The van der Waals surface area contributed by atoms with E-state index in [4.69, 9.17) is 12.7 Å². The van der Waals surface area contributed by atoms with Crippen molar-refractivity contribution in [3.05, 3.63) is 12.2 Å². The topological polar surface area (TPSA) is 27.7 Å². The number of rotatable bonds is 7. The van der Waals surface area contributed by atoms with Crippen LogP contribution in [0.4, 0.5) is 0 Å². The third kappa shape index (κ3) is 4.39. The summed E-state index contributed by atoms with van der Waals surface area (Å²) in [5, 5.41) is 0. The minimum atomic E-state index is -2.61. The molecule has 2 bridgehead atoms. The van der Waals surface area contributed by atoms with Crippen molar-refractivity contribution >= 4 is 25.4 Å². The predicted molar refractivity (Wildman–Crippen MR) is 95.3 cm³/mol. The van der Waals surface area contributed by atoms with E-state index in [0.29, 0.717) is 18.1 Å². The van der Waals surface area contributed by atoms with Crippen LogP contribution in [-0.4, -0.2) is 32.0 Å². The zero-order valence-electron chi connectivity index (χ0n) is 14.7. The predicted octanol–water partition coefficient (Wildman–Crippen LogP) is 4.63. The molecule has 0 radical (unpaired) electrons. The fraction of sp³-hybridized carbons (Fsp3) is 0.867. The van der Waals surface area contributed by atoms with Gasteiger partial charge in [-0.25, -0.2) is 0 Å². The van der Waals surface area contributed by atoms with Gasteiger partial charge in [0.25, 0.3) is 0 Å². The molecule has 21 heavy (non-hydrogen) atoms. The van der Waals surface area contributed by atoms with Crippen LogP contribution in [0.15, 0.2) is 12.2 Å². The molecule has 0 aromatic heterocycles. The average molecular weight is 345 g/mol. The maximum atomic E-state index is 6.71. The van der Waals surface area contributed by atoms with Crippen LogP contribution >= 0.6 is 0 Å². The first kappa shape index (κ1) is 17.6. The van der Waals surface area contributed by atoms with E-state index in [1.807, 2.05) is 0 Å². The Morgan fingerprint density at radius 2 is 1.48 bits per heavy atom. The minimum absolute atomic E-state index is 0.478. The molecular formula is C15H32O3Si3. The van der Waals surface area contributed by atoms with E-state index < -0.39 is 25.4 Å². The van der Waals surface area contributed by atoms with Crippen molar-refractivity contribution in [2.24, 2.45) is 11.8 Å². The third-order valence-electron chi connectivity index (χ3n) is 3.98. The Morgan fingerprint density at radius 3 is 1.81 bits per heavy atom. The molecule has 0 heterocycles. The van der Waals surface area contributed by atoms with Gasteiger partial charge in [0.15, 0.2) is 16.6 Å². The second kappa shape index (κ2) is 6.05. The molecule has 0 aromatic rings. The van der Waals surface area contributed by atoms with Gasteiger partial charge in [0.05, 0.1) is 0 Å². The second-order valence-electron chi connectivity index (χ2n) is 8.35. The monoisotopic (exact) mass is 344 g/mol. The van der Waals surface area contributed by atoms with Crippen molar-refractivity contribution in [3.8, 4) is 0 Å². The highest BCUT2D eigenvalue weighted by molar-refractivity contribution is 6.86. The summed E-state index contributed by atoms with van der Waals surface area (Å²) in [6.45, 7) is 16.3. The van der Waals surface area contributed by atoms with Crippen molar-refractivity contribution in [3.63, 3.8) is 0 Å². The lowest BCUT2D eigenvalue weighted by Crippen LogP contribution is -2.60. The maximum Gasteiger partial charge on any atom is 0.483 e. The molecule has 2 aliphatic rings. The molecule has 1 fully saturated rings. The van der Waals surface area contributed by atoms with E-state index in [1.54, 1.807) is 0 Å². The molecule has 3 nitrogen and oxygen atoms in total. The van der Waals surface area contributed by atoms with Crippen molar-refractivity contribution < 1.29 is 12.7 Å². The Balaban J connectivity index is 2.32. The van der Waals surface area contributed by atoms with Crippen LogP contribution in [0.5, 0.6) is 0 Å². The molecule has 0 N–H and O–H groups in total. The number of allylic oxidation sites excluding steroid dienone is 2. The van der Waals surface area contributed by atoms with Gasteiger partial charge in [0.1, 0.15) is 0 Å². The van der Waals surface area contributed by atoms with Crippen LogP contribution in [0.1, 0.15) is 19.8 Å². The molecular weight excluding hydrogens is 312 g/mol. The average Bonchev–Trinajstić information content (AvgIpc) is 2.85. The van der Waals surface area contributed by atoms with Crippen molar-refractivity contribution in [1.82, 2.24) is 0 Å². The van der Waals surface area contributed by atoms with Gasteiger partial charge >= 0.3 is 8.80 Å². The van der Waals surface area contributed by atoms with Crippen LogP contribution in [0.3, 0.4) is 0 Å². The fourth-order valence-corrected chi connectivity index (χ4v) is 14.6. The number of hydrogen-bond donors (Lipinski definition) is 0. The zero-order valence-corrected chi connectivity index (χ0v) is 17.7. The van der Waals surface area contributed by atoms with E-state index >= 15 is 0 Å². The third-order valence-corrected chi connectivity index (χ3v) is 13.4. The molecule has 0 saturated heterocycles. The van der Waals surface area contributed by atoms with Gasteiger partial charge < -0.3 is 12.7 Å². The lowest BCUT2D eigenvalue weighted by Gasteiger charge is -2.44. The first-order chi connectivity index (χ1) is 9.55. The highest BCUT2D eigenvalue weighted by Gasteiger charge is 2.59. The highest BCUT2D eigenvalue weighted by atomic mass is 28.5. The first-order valence-corrected chi connectivity index (χ1v) is 16.9. The van der Waals surface area contributed by atoms with Crippen molar-refractivity contribution in [2.75, 3.05) is 6.61 Å². The summed E-state index contributed by atoms with van der Waals surface area (Å²) in [6.07, 6.45) is 7.25. The fourth-order valence-electron chi connectivity index (χ4n) is 3.58. The van der Waals surface area contributed by atoms with E-state index in [1.165, 1.54) is 12.8 Å². The molecule has 2 rings (SSSR count). The van der Waals surface area contributed by atoms with E-state index in [-0.39, 0.29) is 0 Å². The molecule has 1 saturated carbocycles. The van der Waals surface area contributed by atoms with Crippen LogP contribution in [-0.2, 0) is 12.7 Å². The molecule has 6 heteroatoms. The van der Waals surface area contributed by atoms with Gasteiger partial charge in [-0.05, 0) is 70.9 Å². The van der Waals surface area contributed by atoms with Crippen molar-refractivity contribution in [2.45, 2.75) is 64.6 Å². The van der Waals surface area contributed by atoms with Gasteiger partial charge in [0, 0.05) is 12.1 Å². The van der Waals surface area contributed by atoms with Gasteiger partial charge in [0.2, 0.25) is 0 Å². The maximum absolute atomic E-state index is 6.71. The summed E-state index contributed by atoms with van der Waals surface area (Å²) in [7, 11) is -6.04. The SMILES string of the molecule is CCO[Si](O[Si](C)(C)C)(O[Si](C)(C)C)C1CC2C=CC1C2. The van der Waals surface area contributed by atoms with Crippen LogP contribution in [0.25, 0.3) is 0 Å². The Bertz CT molecular complexity index is 382. The Morgan fingerprint density at radius 1 is 0.905 bits per heavy atom. The minimum Gasteiger partial charge on any atom is -0.416 e. The summed E-state index contributed by atoms with van der Waals surface area (Å²) in [5.41, 5.74) is 0.478. The largest absolute Gasteiger partial charge is 0.483 e. The van der Waals surface area contributed by atoms with Gasteiger partial charge in [-0.15, -0.1) is 0 Å². The van der Waals surface area contributed by atoms with Crippen LogP contribution < -0.4 is 0 Å². The van der Waals surface area contributed by atoms with Gasteiger partial charge in [-0.1, -0.05) is 12.2 Å². The Hall–Kier alpha value is 0.271. The lowest BCUT2D eigenvalue weighted by atomic mass is 10.1. The molecule has 2 aliphatic carbocycles. The summed E-state index contributed by atoms with van der Waals surface area (Å²) in [6, 6.07) is 0. The van der Waals surface area contributed by atoms with Crippen LogP contribution in [0.2, 0.25) is 44.8 Å². The second-order valence-corrected chi connectivity index (χ2v) is 20.7. The molecule has 0 aromatic carbocycles. The highest BCUT2D eigenvalue weighted by Crippen LogP contribution is 2.53. The van der Waals surface area contributed by atoms with Crippen molar-refractivity contribution in [1.29, 1.82) is 0 Å². The number of hydrogen-bond acceptors (Lipinski definition) is 3. The molecule has 0 amide bonds. The molecule has 3 atom stereocenters. The smallest absolute Gasteiger partial charge is 0.416 e. The van der Waals surface area contributed by atoms with Crippen LogP contribution in [0, 0.1) is 11.8 Å². The summed E-state index contributed by atoms with van der Waals surface area (Å²) in [4.78, 5) is 0. The van der Waals surface area contributed by atoms with Gasteiger partial charge in [-0.2, -0.15) is 0 Å². The van der Waals surface area contributed by atoms with E-state index in [9.17, 15) is 0 Å². The summed E-state index contributed by atoms with van der Waals surface area (Å²) >= 11 is 0. The first-order valence-electron chi connectivity index (χ1n) is 8.27. The number of fused-ring (bicyclic) bond motifs is 2. The Kier molecular flexibility index (Phi) is 5.08. The summed E-state index contributed by atoms with van der Waals surface area (Å²) < 4.78 is 19.8. The van der Waals surface area contributed by atoms with E-state index in [0.717, 1.165) is 5.92 Å². The summed E-state index contributed by atoms with van der Waals surface area (Å²) in [5.74, 6) is 1.34. The van der Waals surface area contributed by atoms with Gasteiger partial charge in [-0.3, -0.25) is 0 Å². The normalized spacial score (nSPS) is 29.4. The zero-order chi connectivity index (χ0) is 15.9. The Labute approximate surface area is 133 Å². The standard InChI is InChI=1S/C15H32O3Si3/c1-8-16-21(17-19(2,3)4,18-20(5,6)7)15-12-13-9-10-14(15)11-13/h9-10,13-15H,8,11-12H2,1-7H3. The van der Waals surface area contributed by atoms with E-state index in [2.05, 4.69) is 58.4 Å². The lowest BCUT2D eigenvalue weighted by molar-refractivity contribution is 0.151. The molecule has 3 unspecified atom stereocenters. The molecule has 0 aliphatic heterocycles. The molecule has 0 spiro atoms. The molecule has 122 valence electrons. The quantitative estimate of drug-likeness (QED) is 0.498.